The summed E-state index contributed by atoms with van der Waals surface area (Å²) in [6.07, 6.45) is 1.90. The summed E-state index contributed by atoms with van der Waals surface area (Å²) in [6, 6.07) is 12.5. The van der Waals surface area contributed by atoms with Gasteiger partial charge in [-0.25, -0.2) is 0 Å². The zero-order valence-electron chi connectivity index (χ0n) is 15.5. The predicted molar refractivity (Wildman–Crippen MR) is 105 cm³/mol. The Balaban J connectivity index is 1.48. The van der Waals surface area contributed by atoms with E-state index in [1.54, 1.807) is 36.4 Å². The second-order valence-electron chi connectivity index (χ2n) is 6.95. The summed E-state index contributed by atoms with van der Waals surface area (Å²) in [7, 11) is 0. The lowest BCUT2D eigenvalue weighted by Crippen LogP contribution is -2.32. The maximum absolute atomic E-state index is 12.2. The van der Waals surface area contributed by atoms with Gasteiger partial charge in [-0.2, -0.15) is 0 Å². The van der Waals surface area contributed by atoms with Crippen LogP contribution in [0.25, 0.3) is 0 Å². The van der Waals surface area contributed by atoms with Gasteiger partial charge < -0.3 is 16.0 Å². The fourth-order valence-corrected chi connectivity index (χ4v) is 2.80. The van der Waals surface area contributed by atoms with Crippen LogP contribution in [0, 0.1) is 19.8 Å². The van der Waals surface area contributed by atoms with E-state index < -0.39 is 0 Å². The molecule has 0 unspecified atom stereocenters. The zero-order chi connectivity index (χ0) is 19.4. The summed E-state index contributed by atoms with van der Waals surface area (Å²) in [5.41, 5.74) is 3.84. The van der Waals surface area contributed by atoms with Crippen LogP contribution >= 0.6 is 0 Å². The fraction of sp³-hybridized carbons (Fsp3) is 0.286. The minimum Gasteiger partial charge on any atom is -0.343 e. The molecule has 0 radical (unpaired) electrons. The SMILES string of the molecule is Cc1cc(C)cc(C(=O)NCC(=O)Nc2ccc(NC(=O)C3CC3)cc2)c1. The van der Waals surface area contributed by atoms with Crippen molar-refractivity contribution in [2.24, 2.45) is 5.92 Å². The van der Waals surface area contributed by atoms with Crippen LogP contribution in [0.3, 0.4) is 0 Å². The zero-order valence-corrected chi connectivity index (χ0v) is 15.5. The molecule has 140 valence electrons. The lowest BCUT2D eigenvalue weighted by Gasteiger charge is -2.09. The van der Waals surface area contributed by atoms with Crippen molar-refractivity contribution in [1.82, 2.24) is 5.32 Å². The number of hydrogen-bond donors (Lipinski definition) is 3. The Kier molecular flexibility index (Phi) is 5.54. The molecule has 0 spiro atoms. The van der Waals surface area contributed by atoms with Gasteiger partial charge in [-0.1, -0.05) is 17.2 Å². The standard InChI is InChI=1S/C21H23N3O3/c1-13-9-14(2)11-16(10-13)20(26)22-12-19(25)23-17-5-7-18(8-6-17)24-21(27)15-3-4-15/h5-11,15H,3-4,12H2,1-2H3,(H,22,26)(H,23,25)(H,24,27). The highest BCUT2D eigenvalue weighted by Gasteiger charge is 2.29. The molecule has 6 heteroatoms. The van der Waals surface area contributed by atoms with Crippen molar-refractivity contribution in [1.29, 1.82) is 0 Å². The highest BCUT2D eigenvalue weighted by Crippen LogP contribution is 2.30. The van der Waals surface area contributed by atoms with E-state index in [2.05, 4.69) is 16.0 Å². The molecular formula is C21H23N3O3. The lowest BCUT2D eigenvalue weighted by atomic mass is 10.1. The Morgan fingerprint density at radius 3 is 2.00 bits per heavy atom. The quantitative estimate of drug-likeness (QED) is 0.735. The fourth-order valence-electron chi connectivity index (χ4n) is 2.80. The van der Waals surface area contributed by atoms with Crippen LogP contribution in [0.2, 0.25) is 0 Å². The van der Waals surface area contributed by atoms with Crippen LogP contribution in [0.15, 0.2) is 42.5 Å². The molecule has 6 nitrogen and oxygen atoms in total. The highest BCUT2D eigenvalue weighted by molar-refractivity contribution is 5.99. The molecule has 0 aliphatic heterocycles. The molecule has 3 N–H and O–H groups in total. The summed E-state index contributed by atoms with van der Waals surface area (Å²) in [6.45, 7) is 3.73. The first kappa shape index (κ1) is 18.6. The van der Waals surface area contributed by atoms with Crippen LogP contribution in [0.4, 0.5) is 11.4 Å². The van der Waals surface area contributed by atoms with Gasteiger partial charge in [-0.3, -0.25) is 14.4 Å². The first-order chi connectivity index (χ1) is 12.9. The van der Waals surface area contributed by atoms with Gasteiger partial charge in [0, 0.05) is 22.9 Å². The number of aryl methyl sites for hydroxylation is 2. The average Bonchev–Trinajstić information content (AvgIpc) is 3.45. The van der Waals surface area contributed by atoms with Crippen molar-refractivity contribution >= 4 is 29.1 Å². The maximum Gasteiger partial charge on any atom is 0.251 e. The van der Waals surface area contributed by atoms with Crippen LogP contribution in [-0.4, -0.2) is 24.3 Å². The number of carbonyl (C=O) groups excluding carboxylic acids is 3. The molecule has 0 atom stereocenters. The summed E-state index contributed by atoms with van der Waals surface area (Å²) >= 11 is 0. The molecule has 3 rings (SSSR count). The van der Waals surface area contributed by atoms with Crippen LogP contribution in [0.5, 0.6) is 0 Å². The van der Waals surface area contributed by atoms with E-state index in [0.29, 0.717) is 16.9 Å². The molecule has 2 aromatic carbocycles. The number of amides is 3. The third-order valence-corrected chi connectivity index (χ3v) is 4.28. The molecule has 1 aliphatic carbocycles. The van der Waals surface area contributed by atoms with E-state index >= 15 is 0 Å². The molecule has 1 aliphatic rings. The Morgan fingerprint density at radius 2 is 1.44 bits per heavy atom. The summed E-state index contributed by atoms with van der Waals surface area (Å²) in [5, 5.41) is 8.19. The largest absolute Gasteiger partial charge is 0.343 e. The molecule has 27 heavy (non-hydrogen) atoms. The van der Waals surface area contributed by atoms with Gasteiger partial charge in [0.2, 0.25) is 11.8 Å². The summed E-state index contributed by atoms with van der Waals surface area (Å²) < 4.78 is 0. The predicted octanol–water partition coefficient (Wildman–Crippen LogP) is 3.02. The van der Waals surface area contributed by atoms with Crippen molar-refractivity contribution in [2.75, 3.05) is 17.2 Å². The van der Waals surface area contributed by atoms with Gasteiger partial charge in [0.15, 0.2) is 0 Å². The normalized spacial score (nSPS) is 13.0. The van der Waals surface area contributed by atoms with Gasteiger partial charge in [-0.05, 0) is 63.1 Å². The smallest absolute Gasteiger partial charge is 0.251 e. The van der Waals surface area contributed by atoms with Gasteiger partial charge in [-0.15, -0.1) is 0 Å². The third kappa shape index (κ3) is 5.41. The summed E-state index contributed by atoms with van der Waals surface area (Å²) in [5.74, 6) is -0.413. The van der Waals surface area contributed by atoms with Crippen molar-refractivity contribution in [3.63, 3.8) is 0 Å². The van der Waals surface area contributed by atoms with Gasteiger partial charge in [0.05, 0.1) is 6.54 Å². The third-order valence-electron chi connectivity index (χ3n) is 4.28. The van der Waals surface area contributed by atoms with E-state index in [1.165, 1.54) is 0 Å². The summed E-state index contributed by atoms with van der Waals surface area (Å²) in [4.78, 5) is 36.0. The van der Waals surface area contributed by atoms with Crippen molar-refractivity contribution in [2.45, 2.75) is 26.7 Å². The van der Waals surface area contributed by atoms with Gasteiger partial charge in [0.25, 0.3) is 5.91 Å². The van der Waals surface area contributed by atoms with Crippen molar-refractivity contribution < 1.29 is 14.4 Å². The van der Waals surface area contributed by atoms with E-state index in [4.69, 9.17) is 0 Å². The second-order valence-corrected chi connectivity index (χ2v) is 6.95. The molecule has 0 aromatic heterocycles. The van der Waals surface area contributed by atoms with Crippen molar-refractivity contribution in [3.05, 3.63) is 59.2 Å². The van der Waals surface area contributed by atoms with E-state index in [1.807, 2.05) is 19.9 Å². The van der Waals surface area contributed by atoms with Gasteiger partial charge in [0.1, 0.15) is 0 Å². The minimum absolute atomic E-state index is 0.0425. The number of nitrogens with one attached hydrogen (secondary N) is 3. The Hall–Kier alpha value is -3.15. The number of anilines is 2. The molecule has 0 heterocycles. The van der Waals surface area contributed by atoms with E-state index in [0.717, 1.165) is 24.0 Å². The van der Waals surface area contributed by atoms with E-state index in [9.17, 15) is 14.4 Å². The molecule has 0 bridgehead atoms. The number of hydrogen-bond acceptors (Lipinski definition) is 3. The number of rotatable bonds is 6. The Morgan fingerprint density at radius 1 is 0.889 bits per heavy atom. The molecule has 0 saturated heterocycles. The van der Waals surface area contributed by atoms with Crippen LogP contribution < -0.4 is 16.0 Å². The monoisotopic (exact) mass is 365 g/mol. The molecule has 1 fully saturated rings. The first-order valence-corrected chi connectivity index (χ1v) is 8.98. The van der Waals surface area contributed by atoms with Crippen LogP contribution in [-0.2, 0) is 9.59 Å². The molecule has 1 saturated carbocycles. The topological polar surface area (TPSA) is 87.3 Å². The van der Waals surface area contributed by atoms with Crippen LogP contribution in [0.1, 0.15) is 34.3 Å². The van der Waals surface area contributed by atoms with E-state index in [-0.39, 0.29) is 30.2 Å². The number of benzene rings is 2. The molecule has 2 aromatic rings. The Bertz CT molecular complexity index is 850. The van der Waals surface area contributed by atoms with Gasteiger partial charge >= 0.3 is 0 Å². The molecular weight excluding hydrogens is 342 g/mol. The minimum atomic E-state index is -0.317. The number of carbonyl (C=O) groups is 3. The highest BCUT2D eigenvalue weighted by atomic mass is 16.2. The first-order valence-electron chi connectivity index (χ1n) is 8.98. The Labute approximate surface area is 158 Å². The van der Waals surface area contributed by atoms with Crippen molar-refractivity contribution in [3.8, 4) is 0 Å². The second kappa shape index (κ2) is 8.03. The average molecular weight is 365 g/mol. The molecule has 3 amide bonds. The maximum atomic E-state index is 12.2. The lowest BCUT2D eigenvalue weighted by molar-refractivity contribution is -0.117.